The Bertz CT molecular complexity index is 1060. The van der Waals surface area contributed by atoms with Crippen molar-refractivity contribution in [1.82, 2.24) is 13.9 Å². The lowest BCUT2D eigenvalue weighted by Gasteiger charge is -2.11. The van der Waals surface area contributed by atoms with Gasteiger partial charge in [-0.25, -0.2) is 22.1 Å². The standard InChI is InChI=1S/C17H17BrFN3O2S/c1-4-22-16-8-6-12(25(23,24)21(2)3)10-15(16)20-17(22)11-5-7-14(19)13(18)9-11/h5-10H,4H2,1-3H3. The van der Waals surface area contributed by atoms with Crippen molar-refractivity contribution in [3.8, 4) is 11.4 Å². The van der Waals surface area contributed by atoms with E-state index in [0.29, 0.717) is 22.4 Å². The SMILES string of the molecule is CCn1c(-c2ccc(F)c(Br)c2)nc2cc(S(=O)(=O)N(C)C)ccc21. The average molecular weight is 426 g/mol. The Hall–Kier alpha value is -1.77. The van der Waals surface area contributed by atoms with E-state index in [1.54, 1.807) is 30.3 Å². The van der Waals surface area contributed by atoms with E-state index in [4.69, 9.17) is 0 Å². The number of sulfonamides is 1. The summed E-state index contributed by atoms with van der Waals surface area (Å²) in [6.45, 7) is 2.63. The first-order valence-electron chi connectivity index (χ1n) is 7.64. The molecule has 5 nitrogen and oxygen atoms in total. The van der Waals surface area contributed by atoms with Gasteiger partial charge in [0, 0.05) is 26.2 Å². The summed E-state index contributed by atoms with van der Waals surface area (Å²) in [6.07, 6.45) is 0. The van der Waals surface area contributed by atoms with Gasteiger partial charge in [0.15, 0.2) is 0 Å². The Morgan fingerprint density at radius 3 is 2.52 bits per heavy atom. The predicted octanol–water partition coefficient (Wildman–Crippen LogP) is 3.88. The molecule has 0 aliphatic heterocycles. The van der Waals surface area contributed by atoms with Gasteiger partial charge in [-0.15, -0.1) is 0 Å². The summed E-state index contributed by atoms with van der Waals surface area (Å²) in [7, 11) is -0.545. The highest BCUT2D eigenvalue weighted by molar-refractivity contribution is 9.10. The van der Waals surface area contributed by atoms with Crippen LogP contribution in [0.5, 0.6) is 0 Å². The smallest absolute Gasteiger partial charge is 0.242 e. The predicted molar refractivity (Wildman–Crippen MR) is 99.4 cm³/mol. The Morgan fingerprint density at radius 1 is 1.20 bits per heavy atom. The minimum Gasteiger partial charge on any atom is -0.324 e. The number of aromatic nitrogens is 2. The molecule has 0 aliphatic carbocycles. The van der Waals surface area contributed by atoms with Crippen molar-refractivity contribution in [1.29, 1.82) is 0 Å². The molecule has 0 saturated heterocycles. The van der Waals surface area contributed by atoms with E-state index in [2.05, 4.69) is 20.9 Å². The second kappa shape index (κ2) is 6.51. The van der Waals surface area contributed by atoms with Crippen LogP contribution in [0.3, 0.4) is 0 Å². The number of halogens is 2. The molecule has 8 heteroatoms. The molecule has 0 radical (unpaired) electrons. The molecule has 0 spiro atoms. The number of hydrogen-bond donors (Lipinski definition) is 0. The van der Waals surface area contributed by atoms with Crippen LogP contribution in [-0.2, 0) is 16.6 Å². The van der Waals surface area contributed by atoms with Crippen molar-refractivity contribution in [3.63, 3.8) is 0 Å². The molecule has 3 aromatic rings. The molecular formula is C17H17BrFN3O2S. The zero-order valence-electron chi connectivity index (χ0n) is 14.0. The number of rotatable bonds is 4. The first-order chi connectivity index (χ1) is 11.8. The minimum absolute atomic E-state index is 0.192. The van der Waals surface area contributed by atoms with Gasteiger partial charge in [-0.05, 0) is 59.3 Å². The molecule has 0 aliphatic rings. The maximum atomic E-state index is 13.5. The zero-order chi connectivity index (χ0) is 18.4. The number of hydrogen-bond acceptors (Lipinski definition) is 3. The summed E-state index contributed by atoms with van der Waals surface area (Å²) in [4.78, 5) is 4.79. The molecule has 0 atom stereocenters. The van der Waals surface area contributed by atoms with Gasteiger partial charge >= 0.3 is 0 Å². The van der Waals surface area contributed by atoms with Gasteiger partial charge in [-0.2, -0.15) is 0 Å². The van der Waals surface area contributed by atoms with Crippen LogP contribution in [-0.4, -0.2) is 36.4 Å². The van der Waals surface area contributed by atoms with Gasteiger partial charge in [0.05, 0.1) is 20.4 Å². The Kier molecular flexibility index (Phi) is 4.70. The van der Waals surface area contributed by atoms with Gasteiger partial charge in [-0.3, -0.25) is 0 Å². The topological polar surface area (TPSA) is 55.2 Å². The van der Waals surface area contributed by atoms with Gasteiger partial charge < -0.3 is 4.57 Å². The Morgan fingerprint density at radius 2 is 1.92 bits per heavy atom. The minimum atomic E-state index is -3.53. The van der Waals surface area contributed by atoms with E-state index in [-0.39, 0.29) is 10.7 Å². The monoisotopic (exact) mass is 425 g/mol. The van der Waals surface area contributed by atoms with Gasteiger partial charge in [0.1, 0.15) is 11.6 Å². The molecule has 2 aromatic carbocycles. The van der Waals surface area contributed by atoms with Gasteiger partial charge in [0.25, 0.3) is 0 Å². The lowest BCUT2D eigenvalue weighted by Crippen LogP contribution is -2.22. The molecule has 132 valence electrons. The molecule has 0 N–H and O–H groups in total. The number of fused-ring (bicyclic) bond motifs is 1. The van der Waals surface area contributed by atoms with Crippen LogP contribution in [0.1, 0.15) is 6.92 Å². The lowest BCUT2D eigenvalue weighted by molar-refractivity contribution is 0.521. The van der Waals surface area contributed by atoms with Crippen LogP contribution < -0.4 is 0 Å². The number of nitrogens with zero attached hydrogens (tertiary/aromatic N) is 3. The Labute approximate surface area is 154 Å². The summed E-state index contributed by atoms with van der Waals surface area (Å²) in [6, 6.07) is 9.60. The van der Waals surface area contributed by atoms with Gasteiger partial charge in [-0.1, -0.05) is 0 Å². The molecule has 0 unspecified atom stereocenters. The zero-order valence-corrected chi connectivity index (χ0v) is 16.4. The fourth-order valence-electron chi connectivity index (χ4n) is 2.66. The van der Waals surface area contributed by atoms with Crippen molar-refractivity contribution in [3.05, 3.63) is 46.7 Å². The summed E-state index contributed by atoms with van der Waals surface area (Å²) in [5.41, 5.74) is 2.17. The van der Waals surface area contributed by atoms with E-state index in [1.807, 2.05) is 11.5 Å². The Balaban J connectivity index is 2.22. The molecule has 3 rings (SSSR count). The third-order valence-corrected chi connectivity index (χ3v) is 6.41. The number of benzene rings is 2. The molecular weight excluding hydrogens is 409 g/mol. The third-order valence-electron chi connectivity index (χ3n) is 3.99. The maximum Gasteiger partial charge on any atom is 0.242 e. The largest absolute Gasteiger partial charge is 0.324 e. The quantitative estimate of drug-likeness (QED) is 0.637. The molecule has 1 aromatic heterocycles. The molecule has 25 heavy (non-hydrogen) atoms. The van der Waals surface area contributed by atoms with Crippen LogP contribution in [0.4, 0.5) is 4.39 Å². The number of imidazole rings is 1. The second-order valence-corrected chi connectivity index (χ2v) is 8.75. The van der Waals surface area contributed by atoms with Crippen molar-refractivity contribution in [2.75, 3.05) is 14.1 Å². The summed E-state index contributed by atoms with van der Waals surface area (Å²) < 4.78 is 41.7. The summed E-state index contributed by atoms with van der Waals surface area (Å²) in [5.74, 6) is 0.319. The van der Waals surface area contributed by atoms with Crippen molar-refractivity contribution in [2.45, 2.75) is 18.4 Å². The second-order valence-electron chi connectivity index (χ2n) is 5.75. The highest BCUT2D eigenvalue weighted by atomic mass is 79.9. The first kappa shape index (κ1) is 18.0. The van der Waals surface area contributed by atoms with Crippen molar-refractivity contribution < 1.29 is 12.8 Å². The van der Waals surface area contributed by atoms with Crippen LogP contribution in [0.15, 0.2) is 45.8 Å². The molecule has 0 saturated carbocycles. The van der Waals surface area contributed by atoms with E-state index in [9.17, 15) is 12.8 Å². The van der Waals surface area contributed by atoms with Crippen LogP contribution in [0.25, 0.3) is 22.4 Å². The lowest BCUT2D eigenvalue weighted by atomic mass is 10.2. The average Bonchev–Trinajstić information content (AvgIpc) is 2.94. The molecule has 0 amide bonds. The third kappa shape index (κ3) is 3.09. The maximum absolute atomic E-state index is 13.5. The molecule has 0 bridgehead atoms. The number of aryl methyl sites for hydroxylation is 1. The fraction of sp³-hybridized carbons (Fsp3) is 0.235. The fourth-order valence-corrected chi connectivity index (χ4v) is 3.96. The highest BCUT2D eigenvalue weighted by Gasteiger charge is 2.20. The summed E-state index contributed by atoms with van der Waals surface area (Å²) >= 11 is 3.19. The normalized spacial score (nSPS) is 12.2. The van der Waals surface area contributed by atoms with Gasteiger partial charge in [0.2, 0.25) is 10.0 Å². The molecule has 1 heterocycles. The van der Waals surface area contributed by atoms with Crippen LogP contribution in [0.2, 0.25) is 0 Å². The van der Waals surface area contributed by atoms with E-state index >= 15 is 0 Å². The van der Waals surface area contributed by atoms with E-state index < -0.39 is 10.0 Å². The van der Waals surface area contributed by atoms with E-state index in [1.165, 1.54) is 24.5 Å². The van der Waals surface area contributed by atoms with Crippen LogP contribution >= 0.6 is 15.9 Å². The van der Waals surface area contributed by atoms with Crippen molar-refractivity contribution >= 4 is 37.0 Å². The summed E-state index contributed by atoms with van der Waals surface area (Å²) in [5, 5.41) is 0. The van der Waals surface area contributed by atoms with Crippen molar-refractivity contribution in [2.24, 2.45) is 0 Å². The first-order valence-corrected chi connectivity index (χ1v) is 9.87. The van der Waals surface area contributed by atoms with Crippen LogP contribution in [0, 0.1) is 5.82 Å². The van der Waals surface area contributed by atoms with E-state index in [0.717, 1.165) is 11.1 Å². The highest BCUT2D eigenvalue weighted by Crippen LogP contribution is 2.29. The molecule has 0 fully saturated rings.